The summed E-state index contributed by atoms with van der Waals surface area (Å²) in [5.74, 6) is 2.55. The van der Waals surface area contributed by atoms with E-state index in [2.05, 4.69) is 60.2 Å². The summed E-state index contributed by atoms with van der Waals surface area (Å²) in [4.78, 5) is 3.44. The van der Waals surface area contributed by atoms with Crippen LogP contribution in [-0.2, 0) is 5.41 Å². The highest BCUT2D eigenvalue weighted by molar-refractivity contribution is 5.55. The van der Waals surface area contributed by atoms with Gasteiger partial charge in [-0.25, -0.2) is 0 Å². The molecule has 0 atom stereocenters. The zero-order valence-corrected chi connectivity index (χ0v) is 13.3. The molecule has 3 rings (SSSR count). The zero-order valence-electron chi connectivity index (χ0n) is 13.3. The number of aromatic nitrogens is 3. The second-order valence-electron chi connectivity index (χ2n) is 7.22. The molecule has 1 aromatic heterocycles. The molecule has 0 unspecified atom stereocenters. The van der Waals surface area contributed by atoms with Crippen LogP contribution in [0.5, 0.6) is 0 Å². The second-order valence-corrected chi connectivity index (χ2v) is 7.22. The number of nitrogens with one attached hydrogen (secondary N) is 1. The smallest absolute Gasteiger partial charge is 0.161 e. The van der Waals surface area contributed by atoms with Gasteiger partial charge >= 0.3 is 0 Å². The Morgan fingerprint density at radius 1 is 0.952 bits per heavy atom. The van der Waals surface area contributed by atoms with Gasteiger partial charge in [-0.15, -0.1) is 10.2 Å². The Balaban J connectivity index is 1.79. The Hall–Kier alpha value is -1.64. The van der Waals surface area contributed by atoms with Crippen LogP contribution in [0.25, 0.3) is 11.4 Å². The van der Waals surface area contributed by atoms with Crippen LogP contribution in [0.4, 0.5) is 0 Å². The third-order valence-electron chi connectivity index (χ3n) is 4.52. The van der Waals surface area contributed by atoms with E-state index in [-0.39, 0.29) is 5.41 Å². The summed E-state index contributed by atoms with van der Waals surface area (Å²) in [6.07, 6.45) is 6.50. The molecule has 21 heavy (non-hydrogen) atoms. The predicted molar refractivity (Wildman–Crippen MR) is 86.3 cm³/mol. The van der Waals surface area contributed by atoms with E-state index < -0.39 is 0 Å². The monoisotopic (exact) mass is 283 g/mol. The lowest BCUT2D eigenvalue weighted by Gasteiger charge is -2.19. The number of aromatic amines is 1. The van der Waals surface area contributed by atoms with E-state index in [1.165, 1.54) is 37.7 Å². The van der Waals surface area contributed by atoms with Crippen molar-refractivity contribution in [3.8, 4) is 11.4 Å². The second kappa shape index (κ2) is 5.63. The van der Waals surface area contributed by atoms with Gasteiger partial charge in [0.1, 0.15) is 5.82 Å². The van der Waals surface area contributed by atoms with Gasteiger partial charge in [0.15, 0.2) is 5.82 Å². The minimum absolute atomic E-state index is 0.188. The summed E-state index contributed by atoms with van der Waals surface area (Å²) in [5.41, 5.74) is 2.66. The molecule has 112 valence electrons. The predicted octanol–water partition coefficient (Wildman–Crippen LogP) is 4.82. The number of benzene rings is 1. The molecule has 1 N–H and O–H groups in total. The van der Waals surface area contributed by atoms with Crippen molar-refractivity contribution in [1.29, 1.82) is 0 Å². The third kappa shape index (κ3) is 3.17. The largest absolute Gasteiger partial charge is 0.325 e. The first-order chi connectivity index (χ1) is 10.0. The highest BCUT2D eigenvalue weighted by Crippen LogP contribution is 2.31. The number of rotatable bonds is 2. The van der Waals surface area contributed by atoms with Crippen LogP contribution in [0.2, 0.25) is 0 Å². The normalized spacial score (nSPS) is 17.1. The fourth-order valence-electron chi connectivity index (χ4n) is 3.09. The summed E-state index contributed by atoms with van der Waals surface area (Å²) < 4.78 is 0. The van der Waals surface area contributed by atoms with Crippen LogP contribution in [0.3, 0.4) is 0 Å². The summed E-state index contributed by atoms with van der Waals surface area (Å²) in [6.45, 7) is 6.70. The average Bonchev–Trinajstić information content (AvgIpc) is 2.97. The van der Waals surface area contributed by atoms with E-state index in [9.17, 15) is 0 Å². The number of H-pyrrole nitrogens is 1. The molecule has 0 amide bonds. The van der Waals surface area contributed by atoms with Crippen molar-refractivity contribution in [2.45, 2.75) is 64.2 Å². The number of hydrogen-bond donors (Lipinski definition) is 1. The third-order valence-corrected chi connectivity index (χ3v) is 4.52. The van der Waals surface area contributed by atoms with Crippen LogP contribution in [-0.4, -0.2) is 15.2 Å². The SMILES string of the molecule is CC(C)(C)c1ccc(-c2nnc(C3CCCCC3)[nH]2)cc1. The first kappa shape index (κ1) is 14.3. The fraction of sp³-hybridized carbons (Fsp3) is 0.556. The van der Waals surface area contributed by atoms with Crippen molar-refractivity contribution in [3.05, 3.63) is 35.7 Å². The van der Waals surface area contributed by atoms with Crippen molar-refractivity contribution in [2.24, 2.45) is 0 Å². The van der Waals surface area contributed by atoms with Gasteiger partial charge in [0, 0.05) is 11.5 Å². The summed E-state index contributed by atoms with van der Waals surface area (Å²) in [7, 11) is 0. The summed E-state index contributed by atoms with van der Waals surface area (Å²) in [6, 6.07) is 8.67. The van der Waals surface area contributed by atoms with Gasteiger partial charge in [-0.1, -0.05) is 64.3 Å². The first-order valence-electron chi connectivity index (χ1n) is 8.07. The molecule has 1 saturated carbocycles. The molecule has 0 bridgehead atoms. The fourth-order valence-corrected chi connectivity index (χ4v) is 3.09. The van der Waals surface area contributed by atoms with Crippen LogP contribution in [0.15, 0.2) is 24.3 Å². The molecule has 0 radical (unpaired) electrons. The molecule has 1 aliphatic carbocycles. The Kier molecular flexibility index (Phi) is 3.83. The highest BCUT2D eigenvalue weighted by atomic mass is 15.2. The number of nitrogens with zero attached hydrogens (tertiary/aromatic N) is 2. The van der Waals surface area contributed by atoms with Crippen molar-refractivity contribution >= 4 is 0 Å². The molecule has 1 aromatic carbocycles. The van der Waals surface area contributed by atoms with Crippen molar-refractivity contribution in [2.75, 3.05) is 0 Å². The minimum Gasteiger partial charge on any atom is -0.325 e. The Morgan fingerprint density at radius 3 is 2.24 bits per heavy atom. The quantitative estimate of drug-likeness (QED) is 0.858. The molecule has 0 saturated heterocycles. The van der Waals surface area contributed by atoms with E-state index in [1.54, 1.807) is 0 Å². The van der Waals surface area contributed by atoms with Crippen LogP contribution >= 0.6 is 0 Å². The van der Waals surface area contributed by atoms with Crippen molar-refractivity contribution < 1.29 is 0 Å². The summed E-state index contributed by atoms with van der Waals surface area (Å²) >= 11 is 0. The molecular formula is C18H25N3. The Morgan fingerprint density at radius 2 is 1.62 bits per heavy atom. The van der Waals surface area contributed by atoms with Gasteiger partial charge < -0.3 is 4.98 Å². The molecule has 2 aromatic rings. The van der Waals surface area contributed by atoms with E-state index in [0.717, 1.165) is 17.2 Å². The highest BCUT2D eigenvalue weighted by Gasteiger charge is 2.19. The Bertz CT molecular complexity index is 584. The standard InChI is InChI=1S/C18H25N3/c1-18(2,3)15-11-9-14(10-12-15)17-19-16(20-21-17)13-7-5-4-6-8-13/h9-13H,4-8H2,1-3H3,(H,19,20,21). The van der Waals surface area contributed by atoms with Gasteiger partial charge in [-0.05, 0) is 23.8 Å². The zero-order chi connectivity index (χ0) is 14.9. The maximum absolute atomic E-state index is 4.38. The first-order valence-corrected chi connectivity index (χ1v) is 8.07. The Labute approximate surface area is 127 Å². The molecule has 1 fully saturated rings. The van der Waals surface area contributed by atoms with E-state index >= 15 is 0 Å². The van der Waals surface area contributed by atoms with E-state index in [1.807, 2.05) is 0 Å². The van der Waals surface area contributed by atoms with Crippen molar-refractivity contribution in [1.82, 2.24) is 15.2 Å². The maximum atomic E-state index is 4.38. The van der Waals surface area contributed by atoms with E-state index in [4.69, 9.17) is 0 Å². The maximum Gasteiger partial charge on any atom is 0.161 e. The molecular weight excluding hydrogens is 258 g/mol. The lowest BCUT2D eigenvalue weighted by molar-refractivity contribution is 0.429. The average molecular weight is 283 g/mol. The molecule has 1 aliphatic rings. The van der Waals surface area contributed by atoms with Gasteiger partial charge in [0.05, 0.1) is 0 Å². The lowest BCUT2D eigenvalue weighted by atomic mass is 9.86. The van der Waals surface area contributed by atoms with Gasteiger partial charge in [-0.3, -0.25) is 0 Å². The van der Waals surface area contributed by atoms with Gasteiger partial charge in [0.25, 0.3) is 0 Å². The van der Waals surface area contributed by atoms with Gasteiger partial charge in [-0.2, -0.15) is 0 Å². The van der Waals surface area contributed by atoms with Crippen LogP contribution in [0, 0.1) is 0 Å². The van der Waals surface area contributed by atoms with E-state index in [0.29, 0.717) is 5.92 Å². The topological polar surface area (TPSA) is 41.6 Å². The molecule has 0 spiro atoms. The van der Waals surface area contributed by atoms with Crippen LogP contribution < -0.4 is 0 Å². The molecule has 1 heterocycles. The van der Waals surface area contributed by atoms with Crippen molar-refractivity contribution in [3.63, 3.8) is 0 Å². The molecule has 3 nitrogen and oxygen atoms in total. The molecule has 0 aliphatic heterocycles. The van der Waals surface area contributed by atoms with Crippen LogP contribution in [0.1, 0.15) is 70.2 Å². The van der Waals surface area contributed by atoms with Gasteiger partial charge in [0.2, 0.25) is 0 Å². The minimum atomic E-state index is 0.188. The lowest BCUT2D eigenvalue weighted by Crippen LogP contribution is -2.10. The number of hydrogen-bond acceptors (Lipinski definition) is 2. The summed E-state index contributed by atoms with van der Waals surface area (Å²) in [5, 5.41) is 8.73. The molecule has 3 heteroatoms.